The van der Waals surface area contributed by atoms with E-state index in [-0.39, 0.29) is 18.6 Å². The Bertz CT molecular complexity index is 584. The van der Waals surface area contributed by atoms with Gasteiger partial charge in [-0.3, -0.25) is 9.78 Å². The van der Waals surface area contributed by atoms with E-state index in [9.17, 15) is 4.79 Å². The number of hydrogen-bond acceptors (Lipinski definition) is 3. The summed E-state index contributed by atoms with van der Waals surface area (Å²) in [6.45, 7) is 2.06. The van der Waals surface area contributed by atoms with Crippen LogP contribution in [0.5, 0.6) is 0 Å². The van der Waals surface area contributed by atoms with E-state index < -0.39 is 0 Å². The lowest BCUT2D eigenvalue weighted by Crippen LogP contribution is -2.35. The molecule has 2 rings (SSSR count). The van der Waals surface area contributed by atoms with E-state index in [1.54, 1.807) is 12.4 Å². The number of aromatic nitrogens is 1. The molecule has 0 spiro atoms. The van der Waals surface area contributed by atoms with Gasteiger partial charge >= 0.3 is 0 Å². The topological polar surface area (TPSA) is 62.2 Å². The molecule has 2 N–H and O–H groups in total. The average Bonchev–Trinajstić information content (AvgIpc) is 2.55. The van der Waals surface area contributed by atoms with Crippen LogP contribution in [0.2, 0.25) is 0 Å². The fourth-order valence-electron chi connectivity index (χ4n) is 2.16. The highest BCUT2D eigenvalue weighted by atomic mass is 16.3. The van der Waals surface area contributed by atoms with Gasteiger partial charge in [-0.1, -0.05) is 37.3 Å². The van der Waals surface area contributed by atoms with Crippen molar-refractivity contribution < 1.29 is 9.90 Å². The largest absolute Gasteiger partial charge is 0.396 e. The molecule has 21 heavy (non-hydrogen) atoms. The summed E-state index contributed by atoms with van der Waals surface area (Å²) in [6, 6.07) is 11.7. The maximum Gasteiger partial charge on any atom is 0.253 e. The van der Waals surface area contributed by atoms with Crippen molar-refractivity contribution in [3.05, 3.63) is 54.4 Å². The molecule has 4 nitrogen and oxygen atoms in total. The van der Waals surface area contributed by atoms with Crippen LogP contribution in [0.3, 0.4) is 0 Å². The number of aliphatic hydroxyl groups is 1. The highest BCUT2D eigenvalue weighted by molar-refractivity contribution is 5.95. The summed E-state index contributed by atoms with van der Waals surface area (Å²) in [5, 5.41) is 11.9. The molecule has 1 atom stereocenters. The van der Waals surface area contributed by atoms with Gasteiger partial charge in [0.2, 0.25) is 0 Å². The fourth-order valence-corrected chi connectivity index (χ4v) is 2.16. The third-order valence-corrected chi connectivity index (χ3v) is 3.41. The van der Waals surface area contributed by atoms with Crippen molar-refractivity contribution in [1.82, 2.24) is 10.3 Å². The van der Waals surface area contributed by atoms with Crippen LogP contribution < -0.4 is 5.32 Å². The van der Waals surface area contributed by atoms with Gasteiger partial charge in [0.1, 0.15) is 0 Å². The number of rotatable bonds is 6. The zero-order chi connectivity index (χ0) is 15.1. The Balaban J connectivity index is 2.15. The standard InChI is InChI=1S/C17H20N2O2/c1-2-16(8-9-20)19-17(21)15-10-14(11-18-12-15)13-6-4-3-5-7-13/h3-7,10-12,16,20H,2,8-9H2,1H3,(H,19,21). The molecule has 1 amide bonds. The van der Waals surface area contributed by atoms with E-state index in [0.29, 0.717) is 12.0 Å². The zero-order valence-electron chi connectivity index (χ0n) is 12.1. The Labute approximate surface area is 124 Å². The third-order valence-electron chi connectivity index (χ3n) is 3.41. The number of carbonyl (C=O) groups excluding carboxylic acids is 1. The second-order valence-corrected chi connectivity index (χ2v) is 4.92. The van der Waals surface area contributed by atoms with Gasteiger partial charge in [-0.25, -0.2) is 0 Å². The lowest BCUT2D eigenvalue weighted by atomic mass is 10.1. The molecule has 110 valence electrons. The molecule has 2 aromatic rings. The number of pyridine rings is 1. The molecule has 0 saturated carbocycles. The van der Waals surface area contributed by atoms with Crippen LogP contribution in [0.25, 0.3) is 11.1 Å². The first-order valence-corrected chi connectivity index (χ1v) is 7.16. The van der Waals surface area contributed by atoms with Crippen LogP contribution in [0, 0.1) is 0 Å². The number of amides is 1. The summed E-state index contributed by atoms with van der Waals surface area (Å²) in [5.74, 6) is -0.152. The van der Waals surface area contributed by atoms with Gasteiger partial charge < -0.3 is 10.4 Å². The molecule has 0 bridgehead atoms. The summed E-state index contributed by atoms with van der Waals surface area (Å²) in [5.41, 5.74) is 2.48. The molecule has 0 aliphatic heterocycles. The minimum atomic E-state index is -0.152. The predicted molar refractivity (Wildman–Crippen MR) is 82.9 cm³/mol. The molecule has 0 radical (unpaired) electrons. The highest BCUT2D eigenvalue weighted by Gasteiger charge is 2.12. The Morgan fingerprint density at radius 1 is 1.24 bits per heavy atom. The number of benzene rings is 1. The maximum atomic E-state index is 12.2. The molecule has 1 aromatic carbocycles. The van der Waals surface area contributed by atoms with E-state index >= 15 is 0 Å². The van der Waals surface area contributed by atoms with Crippen LogP contribution in [-0.2, 0) is 0 Å². The lowest BCUT2D eigenvalue weighted by molar-refractivity contribution is 0.0929. The van der Waals surface area contributed by atoms with Crippen molar-refractivity contribution >= 4 is 5.91 Å². The first-order chi connectivity index (χ1) is 10.2. The van der Waals surface area contributed by atoms with Gasteiger partial charge in [0.05, 0.1) is 5.56 Å². The summed E-state index contributed by atoms with van der Waals surface area (Å²) < 4.78 is 0. The normalized spacial score (nSPS) is 11.9. The van der Waals surface area contributed by atoms with Gasteiger partial charge in [-0.2, -0.15) is 0 Å². The number of nitrogens with one attached hydrogen (secondary N) is 1. The van der Waals surface area contributed by atoms with Crippen LogP contribution in [0.15, 0.2) is 48.8 Å². The second kappa shape index (κ2) is 7.55. The number of nitrogens with zero attached hydrogens (tertiary/aromatic N) is 1. The summed E-state index contributed by atoms with van der Waals surface area (Å²) >= 11 is 0. The van der Waals surface area contributed by atoms with E-state index in [1.165, 1.54) is 0 Å². The molecule has 0 aliphatic rings. The van der Waals surface area contributed by atoms with Crippen molar-refractivity contribution in [1.29, 1.82) is 0 Å². The smallest absolute Gasteiger partial charge is 0.253 e. The Kier molecular flexibility index (Phi) is 5.46. The van der Waals surface area contributed by atoms with Crippen LogP contribution in [-0.4, -0.2) is 28.6 Å². The number of carbonyl (C=O) groups is 1. The van der Waals surface area contributed by atoms with Gasteiger partial charge in [0.15, 0.2) is 0 Å². The summed E-state index contributed by atoms with van der Waals surface area (Å²) in [4.78, 5) is 16.4. The molecule has 0 fully saturated rings. The van der Waals surface area contributed by atoms with Crippen molar-refractivity contribution in [2.24, 2.45) is 0 Å². The number of hydrogen-bond donors (Lipinski definition) is 2. The van der Waals surface area contributed by atoms with E-state index in [4.69, 9.17) is 5.11 Å². The van der Waals surface area contributed by atoms with Crippen molar-refractivity contribution in [2.75, 3.05) is 6.61 Å². The molecular weight excluding hydrogens is 264 g/mol. The monoisotopic (exact) mass is 284 g/mol. The first-order valence-electron chi connectivity index (χ1n) is 7.16. The third kappa shape index (κ3) is 4.13. The zero-order valence-corrected chi connectivity index (χ0v) is 12.1. The Hall–Kier alpha value is -2.20. The van der Waals surface area contributed by atoms with E-state index in [0.717, 1.165) is 17.5 Å². The van der Waals surface area contributed by atoms with Gasteiger partial charge in [-0.15, -0.1) is 0 Å². The average molecular weight is 284 g/mol. The summed E-state index contributed by atoms with van der Waals surface area (Å²) in [6.07, 6.45) is 4.66. The highest BCUT2D eigenvalue weighted by Crippen LogP contribution is 2.18. The minimum absolute atomic E-state index is 0.0112. The lowest BCUT2D eigenvalue weighted by Gasteiger charge is -2.15. The van der Waals surface area contributed by atoms with Crippen LogP contribution >= 0.6 is 0 Å². The van der Waals surface area contributed by atoms with Crippen LogP contribution in [0.1, 0.15) is 30.1 Å². The summed E-state index contributed by atoms with van der Waals surface area (Å²) in [7, 11) is 0. The quantitative estimate of drug-likeness (QED) is 0.857. The van der Waals surface area contributed by atoms with E-state index in [2.05, 4.69) is 10.3 Å². The Morgan fingerprint density at radius 2 is 2.00 bits per heavy atom. The molecule has 1 unspecified atom stereocenters. The first kappa shape index (κ1) is 15.2. The second-order valence-electron chi connectivity index (χ2n) is 4.92. The molecule has 1 heterocycles. The molecule has 1 aromatic heterocycles. The SMILES string of the molecule is CCC(CCO)NC(=O)c1cncc(-c2ccccc2)c1. The minimum Gasteiger partial charge on any atom is -0.396 e. The van der Waals surface area contributed by atoms with Gasteiger partial charge in [-0.05, 0) is 24.5 Å². The molecule has 4 heteroatoms. The number of aliphatic hydroxyl groups excluding tert-OH is 1. The van der Waals surface area contributed by atoms with Crippen LogP contribution in [0.4, 0.5) is 0 Å². The van der Waals surface area contributed by atoms with Crippen molar-refractivity contribution in [3.8, 4) is 11.1 Å². The van der Waals surface area contributed by atoms with E-state index in [1.807, 2.05) is 43.3 Å². The van der Waals surface area contributed by atoms with Gasteiger partial charge in [0.25, 0.3) is 5.91 Å². The molecular formula is C17H20N2O2. The molecule has 0 aliphatic carbocycles. The Morgan fingerprint density at radius 3 is 2.67 bits per heavy atom. The van der Waals surface area contributed by atoms with Gasteiger partial charge in [0, 0.05) is 30.6 Å². The molecule has 0 saturated heterocycles. The predicted octanol–water partition coefficient (Wildman–Crippen LogP) is 2.64. The van der Waals surface area contributed by atoms with Crippen molar-refractivity contribution in [2.45, 2.75) is 25.8 Å². The van der Waals surface area contributed by atoms with Crippen molar-refractivity contribution in [3.63, 3.8) is 0 Å². The fraction of sp³-hybridized carbons (Fsp3) is 0.294. The maximum absolute atomic E-state index is 12.2.